The third-order valence-electron chi connectivity index (χ3n) is 15.5. The average molecular weight is 934 g/mol. The second kappa shape index (κ2) is 16.9. The Bertz CT molecular complexity index is 3720. The van der Waals surface area contributed by atoms with Gasteiger partial charge in [-0.25, -0.2) is 0 Å². The second-order valence-electron chi connectivity index (χ2n) is 19.2. The number of anilines is 3. The Hall–Kier alpha value is -8.82. The molecule has 0 radical (unpaired) electrons. The number of nitrogens with zero attached hydrogens (tertiary/aromatic N) is 1. The predicted molar refractivity (Wildman–Crippen MR) is 302 cm³/mol. The van der Waals surface area contributed by atoms with Crippen LogP contribution in [0.2, 0.25) is 0 Å². The maximum Gasteiger partial charge on any atom is 0.0714 e. The molecule has 0 atom stereocenters. The minimum atomic E-state index is -0.556. The smallest absolute Gasteiger partial charge is 0.0714 e. The molecule has 0 spiro atoms. The van der Waals surface area contributed by atoms with Crippen molar-refractivity contribution in [2.24, 2.45) is 0 Å². The number of benzene rings is 11. The molecule has 1 heterocycles. The molecule has 0 unspecified atom stereocenters. The summed E-state index contributed by atoms with van der Waals surface area (Å²) in [7, 11) is 0. The molecule has 12 aromatic rings. The van der Waals surface area contributed by atoms with Crippen LogP contribution in [0.4, 0.5) is 17.1 Å². The van der Waals surface area contributed by atoms with Gasteiger partial charge in [-0.2, -0.15) is 0 Å². The number of hydrogen-bond acceptors (Lipinski definition) is 2. The predicted octanol–water partition coefficient (Wildman–Crippen LogP) is 18.4. The molecule has 0 N–H and O–H groups in total. The molecular weight excluding hydrogens is 887 g/mol. The van der Waals surface area contributed by atoms with E-state index >= 15 is 0 Å². The first-order valence-corrected chi connectivity index (χ1v) is 25.8. The van der Waals surface area contributed by atoms with E-state index in [-0.39, 0.29) is 0 Å². The van der Waals surface area contributed by atoms with E-state index in [1.54, 1.807) is 11.3 Å². The molecule has 0 bridgehead atoms. The number of rotatable bonds is 9. The molecule has 2 heteroatoms. The first-order chi connectivity index (χ1) is 35.7. The lowest BCUT2D eigenvalue weighted by atomic mass is 9.67. The minimum absolute atomic E-state index is 0.556. The zero-order valence-electron chi connectivity index (χ0n) is 39.5. The van der Waals surface area contributed by atoms with Crippen LogP contribution >= 0.6 is 11.3 Å². The van der Waals surface area contributed by atoms with E-state index in [1.165, 1.54) is 93.5 Å². The molecule has 11 aromatic carbocycles. The van der Waals surface area contributed by atoms with Crippen LogP contribution in [0.5, 0.6) is 0 Å². The molecule has 0 aliphatic heterocycles. The first-order valence-electron chi connectivity index (χ1n) is 24.9. The molecule has 1 aromatic heterocycles. The number of thiophene rings is 1. The molecule has 14 rings (SSSR count). The molecule has 0 fully saturated rings. The van der Waals surface area contributed by atoms with Gasteiger partial charge in [0.05, 0.1) is 10.8 Å². The summed E-state index contributed by atoms with van der Waals surface area (Å²) in [6, 6.07) is 104. The van der Waals surface area contributed by atoms with Crippen LogP contribution in [0.1, 0.15) is 44.5 Å². The van der Waals surface area contributed by atoms with Gasteiger partial charge in [0.25, 0.3) is 0 Å². The molecule has 0 amide bonds. The van der Waals surface area contributed by atoms with Gasteiger partial charge in [-0.05, 0) is 154 Å². The van der Waals surface area contributed by atoms with Crippen molar-refractivity contribution in [3.63, 3.8) is 0 Å². The van der Waals surface area contributed by atoms with Crippen molar-refractivity contribution >= 4 is 38.5 Å². The summed E-state index contributed by atoms with van der Waals surface area (Å²) >= 11 is 1.79. The van der Waals surface area contributed by atoms with Gasteiger partial charge in [0.15, 0.2) is 0 Å². The summed E-state index contributed by atoms with van der Waals surface area (Å²) in [5.74, 6) is 0. The van der Waals surface area contributed by atoms with Gasteiger partial charge in [0, 0.05) is 21.8 Å². The van der Waals surface area contributed by atoms with E-state index < -0.39 is 10.8 Å². The van der Waals surface area contributed by atoms with Crippen molar-refractivity contribution in [3.8, 4) is 44.5 Å². The second-order valence-corrected chi connectivity index (χ2v) is 20.1. The van der Waals surface area contributed by atoms with Gasteiger partial charge in [0.1, 0.15) is 0 Å². The van der Waals surface area contributed by atoms with Gasteiger partial charge in [0.2, 0.25) is 0 Å². The van der Waals surface area contributed by atoms with Crippen molar-refractivity contribution in [2.45, 2.75) is 10.8 Å². The summed E-state index contributed by atoms with van der Waals surface area (Å²) in [5.41, 5.74) is 22.1. The van der Waals surface area contributed by atoms with Crippen molar-refractivity contribution in [2.75, 3.05) is 4.90 Å². The molecule has 1 nitrogen and oxygen atoms in total. The van der Waals surface area contributed by atoms with E-state index in [4.69, 9.17) is 0 Å². The zero-order valence-corrected chi connectivity index (χ0v) is 40.3. The minimum Gasteiger partial charge on any atom is -0.310 e. The van der Waals surface area contributed by atoms with Crippen molar-refractivity contribution in [1.29, 1.82) is 0 Å². The van der Waals surface area contributed by atoms with E-state index in [0.717, 1.165) is 22.6 Å². The topological polar surface area (TPSA) is 3.24 Å². The van der Waals surface area contributed by atoms with E-state index in [2.05, 4.69) is 289 Å². The highest BCUT2D eigenvalue weighted by atomic mass is 32.1. The lowest BCUT2D eigenvalue weighted by Gasteiger charge is -2.36. The van der Waals surface area contributed by atoms with Crippen LogP contribution in [0.25, 0.3) is 54.6 Å². The molecule has 0 saturated carbocycles. The van der Waals surface area contributed by atoms with Gasteiger partial charge in [-0.3, -0.25) is 0 Å². The number of fused-ring (bicyclic) bond motifs is 7. The molecule has 72 heavy (non-hydrogen) atoms. The Morgan fingerprint density at radius 3 is 1.17 bits per heavy atom. The summed E-state index contributed by atoms with van der Waals surface area (Å²) in [4.78, 5) is 2.51. The van der Waals surface area contributed by atoms with E-state index in [1.807, 2.05) is 0 Å². The van der Waals surface area contributed by atoms with Crippen LogP contribution in [0.3, 0.4) is 0 Å². The first kappa shape index (κ1) is 42.1. The summed E-state index contributed by atoms with van der Waals surface area (Å²) < 4.78 is 1.30. The lowest BCUT2D eigenvalue weighted by molar-refractivity contribution is 0.767. The SMILES string of the molecule is c1ccc(C2(c3ccccc3)c3ccccc3-c3ccc(N(c4cccc(-c5cccc(-c6ccc7ccsc7c6)c5)c4)c4ccc5c(c4)C(c4ccccc4)(c4ccccc4)c4ccccc4-5)cc32)cc1. The highest BCUT2D eigenvalue weighted by molar-refractivity contribution is 7.17. The largest absolute Gasteiger partial charge is 0.310 e. The Morgan fingerprint density at radius 1 is 0.264 bits per heavy atom. The quantitative estimate of drug-likeness (QED) is 0.139. The maximum atomic E-state index is 2.51. The zero-order chi connectivity index (χ0) is 47.6. The normalized spacial score (nSPS) is 13.5. The van der Waals surface area contributed by atoms with Crippen LogP contribution < -0.4 is 4.90 Å². The summed E-state index contributed by atoms with van der Waals surface area (Å²) in [6.07, 6.45) is 0. The standard InChI is InChI=1S/C70H47NS/c1-5-22-53(23-6-1)69(54-24-7-2-8-25-54)64-33-15-13-31-60(64)62-39-37-58(46-66(62)69)71(57-30-18-21-51(44-57)49-19-17-20-50(43-49)52-36-35-48-41-42-72-68(48)45-52)59-38-40-63-61-32-14-16-34-65(61)70(67(63)47-59,55-26-9-3-10-27-55)56-28-11-4-12-29-56/h1-47H. The molecule has 2 aliphatic rings. The van der Waals surface area contributed by atoms with E-state index in [0.29, 0.717) is 0 Å². The third-order valence-corrected chi connectivity index (χ3v) is 16.4. The van der Waals surface area contributed by atoms with Gasteiger partial charge >= 0.3 is 0 Å². The highest BCUT2D eigenvalue weighted by Crippen LogP contribution is 2.59. The Balaban J connectivity index is 1.02. The van der Waals surface area contributed by atoms with Gasteiger partial charge in [-0.1, -0.05) is 224 Å². The fraction of sp³-hybridized carbons (Fsp3) is 0.0286. The van der Waals surface area contributed by atoms with Crippen molar-refractivity contribution in [1.82, 2.24) is 0 Å². The Kier molecular flexibility index (Phi) is 9.91. The van der Waals surface area contributed by atoms with Gasteiger partial charge < -0.3 is 4.90 Å². The molecule has 338 valence electrons. The van der Waals surface area contributed by atoms with Crippen LogP contribution in [-0.4, -0.2) is 0 Å². The van der Waals surface area contributed by atoms with Crippen molar-refractivity contribution < 1.29 is 0 Å². The lowest BCUT2D eigenvalue weighted by Crippen LogP contribution is -2.29. The summed E-state index contributed by atoms with van der Waals surface area (Å²) in [5, 5.41) is 3.46. The maximum absolute atomic E-state index is 2.51. The van der Waals surface area contributed by atoms with Crippen LogP contribution in [-0.2, 0) is 10.8 Å². The Morgan fingerprint density at radius 2 is 0.667 bits per heavy atom. The fourth-order valence-corrected chi connectivity index (χ4v) is 13.3. The number of hydrogen-bond donors (Lipinski definition) is 0. The highest BCUT2D eigenvalue weighted by Gasteiger charge is 2.48. The summed E-state index contributed by atoms with van der Waals surface area (Å²) in [6.45, 7) is 0. The van der Waals surface area contributed by atoms with Crippen LogP contribution in [0.15, 0.2) is 284 Å². The molecule has 2 aliphatic carbocycles. The fourth-order valence-electron chi connectivity index (χ4n) is 12.4. The monoisotopic (exact) mass is 933 g/mol. The Labute approximate surface area is 425 Å². The third kappa shape index (κ3) is 6.39. The van der Waals surface area contributed by atoms with Gasteiger partial charge in [-0.15, -0.1) is 11.3 Å². The molecule has 0 saturated heterocycles. The van der Waals surface area contributed by atoms with E-state index in [9.17, 15) is 0 Å². The van der Waals surface area contributed by atoms with Crippen LogP contribution in [0, 0.1) is 0 Å². The van der Waals surface area contributed by atoms with Crippen molar-refractivity contribution in [3.05, 3.63) is 329 Å². The molecular formula is C70H47NS. The average Bonchev–Trinajstić information content (AvgIpc) is 4.15.